The quantitative estimate of drug-likeness (QED) is 0.769. The maximum atomic E-state index is 13.8. The average Bonchev–Trinajstić information content (AvgIpc) is 2.36. The Morgan fingerprint density at radius 1 is 1.35 bits per heavy atom. The van der Waals surface area contributed by atoms with Gasteiger partial charge in [-0.05, 0) is 18.1 Å². The van der Waals surface area contributed by atoms with Crippen LogP contribution in [-0.2, 0) is 6.18 Å². The Hall–Kier alpha value is -1.59. The molecule has 0 heterocycles. The van der Waals surface area contributed by atoms with Crippen molar-refractivity contribution >= 4 is 5.91 Å². The summed E-state index contributed by atoms with van der Waals surface area (Å²) in [6.07, 6.45) is -3.99. The number of halogens is 4. The minimum atomic E-state index is -4.81. The van der Waals surface area contributed by atoms with Gasteiger partial charge in [0.15, 0.2) is 0 Å². The number of carbonyl (C=O) groups is 1. The van der Waals surface area contributed by atoms with Crippen molar-refractivity contribution in [3.8, 4) is 0 Å². The summed E-state index contributed by atoms with van der Waals surface area (Å²) >= 11 is 0. The highest BCUT2D eigenvalue weighted by molar-refractivity contribution is 5.94. The molecule has 0 spiro atoms. The Morgan fingerprint density at radius 3 is 2.45 bits per heavy atom. The number of carbonyl (C=O) groups excluding carboxylic acids is 1. The van der Waals surface area contributed by atoms with Crippen LogP contribution in [0.1, 0.15) is 36.2 Å². The van der Waals surface area contributed by atoms with Crippen molar-refractivity contribution in [3.63, 3.8) is 0 Å². The van der Waals surface area contributed by atoms with Crippen LogP contribution in [0.25, 0.3) is 0 Å². The number of nitrogens with zero attached hydrogens (tertiary/aromatic N) is 1. The zero-order valence-corrected chi connectivity index (χ0v) is 11.6. The third-order valence-corrected chi connectivity index (χ3v) is 3.16. The molecular weight excluding hydrogens is 274 g/mol. The van der Waals surface area contributed by atoms with E-state index in [1.165, 1.54) is 11.9 Å². The Bertz CT molecular complexity index is 485. The van der Waals surface area contributed by atoms with Crippen LogP contribution < -0.4 is 0 Å². The fourth-order valence-electron chi connectivity index (χ4n) is 1.80. The molecule has 0 aromatic heterocycles. The average molecular weight is 291 g/mol. The number of hydrogen-bond acceptors (Lipinski definition) is 1. The molecule has 1 atom stereocenters. The summed E-state index contributed by atoms with van der Waals surface area (Å²) in [4.78, 5) is 13.3. The molecule has 2 nitrogen and oxygen atoms in total. The van der Waals surface area contributed by atoms with E-state index in [2.05, 4.69) is 0 Å². The number of amides is 1. The van der Waals surface area contributed by atoms with Gasteiger partial charge in [0, 0.05) is 13.6 Å². The van der Waals surface area contributed by atoms with E-state index in [0.717, 1.165) is 18.6 Å². The first-order valence-electron chi connectivity index (χ1n) is 6.29. The highest BCUT2D eigenvalue weighted by Gasteiger charge is 2.36. The second-order valence-corrected chi connectivity index (χ2v) is 4.86. The fraction of sp³-hybridized carbons (Fsp3) is 0.500. The molecule has 0 saturated heterocycles. The van der Waals surface area contributed by atoms with Crippen LogP contribution in [0.2, 0.25) is 0 Å². The molecule has 0 aliphatic rings. The fourth-order valence-corrected chi connectivity index (χ4v) is 1.80. The summed E-state index contributed by atoms with van der Waals surface area (Å²) in [5.74, 6) is -2.06. The van der Waals surface area contributed by atoms with Gasteiger partial charge in [-0.15, -0.1) is 0 Å². The van der Waals surface area contributed by atoms with Gasteiger partial charge in [0.05, 0.1) is 11.1 Å². The van der Waals surface area contributed by atoms with Gasteiger partial charge in [-0.1, -0.05) is 26.3 Å². The van der Waals surface area contributed by atoms with Crippen LogP contribution in [-0.4, -0.2) is 24.4 Å². The van der Waals surface area contributed by atoms with E-state index < -0.39 is 29.0 Å². The SMILES string of the molecule is CCC(C)CN(C)C(=O)c1cccc(C(F)(F)F)c1F. The third-order valence-electron chi connectivity index (χ3n) is 3.16. The zero-order valence-electron chi connectivity index (χ0n) is 11.6. The molecule has 1 amide bonds. The van der Waals surface area contributed by atoms with Crippen molar-refractivity contribution in [3.05, 3.63) is 35.1 Å². The lowest BCUT2D eigenvalue weighted by Gasteiger charge is -2.21. The van der Waals surface area contributed by atoms with Gasteiger partial charge >= 0.3 is 6.18 Å². The van der Waals surface area contributed by atoms with E-state index in [1.54, 1.807) is 0 Å². The monoisotopic (exact) mass is 291 g/mol. The van der Waals surface area contributed by atoms with Crippen LogP contribution in [0.4, 0.5) is 17.6 Å². The number of hydrogen-bond donors (Lipinski definition) is 0. The maximum Gasteiger partial charge on any atom is 0.419 e. The van der Waals surface area contributed by atoms with E-state index in [1.807, 2.05) is 13.8 Å². The minimum absolute atomic E-state index is 0.192. The van der Waals surface area contributed by atoms with Crippen molar-refractivity contribution in [2.45, 2.75) is 26.4 Å². The van der Waals surface area contributed by atoms with Gasteiger partial charge in [0.2, 0.25) is 0 Å². The largest absolute Gasteiger partial charge is 0.419 e. The van der Waals surface area contributed by atoms with E-state index in [0.29, 0.717) is 12.6 Å². The second kappa shape index (κ2) is 6.24. The lowest BCUT2D eigenvalue weighted by atomic mass is 10.1. The number of rotatable bonds is 4. The number of alkyl halides is 3. The maximum absolute atomic E-state index is 13.8. The van der Waals surface area contributed by atoms with Crippen LogP contribution in [0.5, 0.6) is 0 Å². The van der Waals surface area contributed by atoms with E-state index in [4.69, 9.17) is 0 Å². The number of benzene rings is 1. The Kier molecular flexibility index (Phi) is 5.14. The van der Waals surface area contributed by atoms with Gasteiger partial charge < -0.3 is 4.90 Å². The molecule has 1 aromatic carbocycles. The van der Waals surface area contributed by atoms with Crippen LogP contribution in [0, 0.1) is 11.7 Å². The summed E-state index contributed by atoms with van der Waals surface area (Å²) < 4.78 is 51.6. The summed E-state index contributed by atoms with van der Waals surface area (Å²) in [5, 5.41) is 0. The second-order valence-electron chi connectivity index (χ2n) is 4.86. The first-order chi connectivity index (χ1) is 9.18. The summed E-state index contributed by atoms with van der Waals surface area (Å²) in [7, 11) is 1.45. The molecular formula is C14H17F4NO. The summed E-state index contributed by atoms with van der Waals surface area (Å²) in [6.45, 7) is 4.21. The van der Waals surface area contributed by atoms with Crippen molar-refractivity contribution in [2.75, 3.05) is 13.6 Å². The first-order valence-corrected chi connectivity index (χ1v) is 6.29. The first kappa shape index (κ1) is 16.5. The normalized spacial score (nSPS) is 13.2. The molecule has 0 radical (unpaired) electrons. The van der Waals surface area contributed by atoms with E-state index >= 15 is 0 Å². The lowest BCUT2D eigenvalue weighted by molar-refractivity contribution is -0.140. The van der Waals surface area contributed by atoms with Crippen molar-refractivity contribution < 1.29 is 22.4 Å². The van der Waals surface area contributed by atoms with Gasteiger partial charge in [0.25, 0.3) is 5.91 Å². The van der Waals surface area contributed by atoms with Gasteiger partial charge in [-0.3, -0.25) is 4.79 Å². The van der Waals surface area contributed by atoms with Gasteiger partial charge in [-0.2, -0.15) is 13.2 Å². The summed E-state index contributed by atoms with van der Waals surface area (Å²) in [5.41, 5.74) is -1.97. The molecule has 0 fully saturated rings. The molecule has 0 aliphatic carbocycles. The molecule has 0 aliphatic heterocycles. The Balaban J connectivity index is 3.06. The zero-order chi connectivity index (χ0) is 15.5. The van der Waals surface area contributed by atoms with Crippen LogP contribution in [0.3, 0.4) is 0 Å². The molecule has 20 heavy (non-hydrogen) atoms. The highest BCUT2D eigenvalue weighted by atomic mass is 19.4. The molecule has 112 valence electrons. The molecule has 6 heteroatoms. The predicted octanol–water partition coefficient (Wildman–Crippen LogP) is 3.96. The van der Waals surface area contributed by atoms with Crippen molar-refractivity contribution in [2.24, 2.45) is 5.92 Å². The van der Waals surface area contributed by atoms with E-state index in [-0.39, 0.29) is 5.92 Å². The molecule has 0 bridgehead atoms. The van der Waals surface area contributed by atoms with Gasteiger partial charge in [-0.25, -0.2) is 4.39 Å². The molecule has 1 unspecified atom stereocenters. The van der Waals surface area contributed by atoms with Crippen molar-refractivity contribution in [1.29, 1.82) is 0 Å². The lowest BCUT2D eigenvalue weighted by Crippen LogP contribution is -2.32. The third kappa shape index (κ3) is 3.71. The molecule has 0 N–H and O–H groups in total. The predicted molar refractivity (Wildman–Crippen MR) is 67.8 cm³/mol. The Morgan fingerprint density at radius 2 is 1.95 bits per heavy atom. The van der Waals surface area contributed by atoms with Crippen LogP contribution >= 0.6 is 0 Å². The van der Waals surface area contributed by atoms with Crippen LogP contribution in [0.15, 0.2) is 18.2 Å². The topological polar surface area (TPSA) is 20.3 Å². The Labute approximate surface area is 115 Å². The van der Waals surface area contributed by atoms with Crippen molar-refractivity contribution in [1.82, 2.24) is 4.90 Å². The molecule has 0 saturated carbocycles. The van der Waals surface area contributed by atoms with Gasteiger partial charge in [0.1, 0.15) is 5.82 Å². The standard InChI is InChI=1S/C14H17F4NO/c1-4-9(2)8-19(3)13(20)10-6-5-7-11(12(10)15)14(16,17)18/h5-7,9H,4,8H2,1-3H3. The van der Waals surface area contributed by atoms with E-state index in [9.17, 15) is 22.4 Å². The molecule has 1 rings (SSSR count). The molecule has 1 aromatic rings. The smallest absolute Gasteiger partial charge is 0.341 e. The minimum Gasteiger partial charge on any atom is -0.341 e. The highest BCUT2D eigenvalue weighted by Crippen LogP contribution is 2.32. The summed E-state index contributed by atoms with van der Waals surface area (Å²) in [6, 6.07) is 2.73.